The number of hydrogen-bond acceptors (Lipinski definition) is 6. The predicted molar refractivity (Wildman–Crippen MR) is 113 cm³/mol. The molecule has 2 heterocycles. The molecular formula is C17H33IN6O2. The molecule has 0 radical (unpaired) electrons. The van der Waals surface area contributed by atoms with Gasteiger partial charge in [0.25, 0.3) is 0 Å². The molecular weight excluding hydrogens is 447 g/mol. The van der Waals surface area contributed by atoms with E-state index in [1.165, 1.54) is 0 Å². The number of nitrogens with one attached hydrogen (secondary N) is 2. The molecule has 1 saturated heterocycles. The SMILES string of the molecule is CCNC(=NCC(C)(C)N1CCOCC1)NCCCc1nc(C)no1.I. The zero-order valence-electron chi connectivity index (χ0n) is 16.4. The van der Waals surface area contributed by atoms with Crippen molar-refractivity contribution in [3.8, 4) is 0 Å². The number of rotatable bonds is 8. The van der Waals surface area contributed by atoms with Crippen LogP contribution in [0.3, 0.4) is 0 Å². The highest BCUT2D eigenvalue weighted by Crippen LogP contribution is 2.16. The van der Waals surface area contributed by atoms with Crippen molar-refractivity contribution in [1.29, 1.82) is 0 Å². The van der Waals surface area contributed by atoms with Crippen molar-refractivity contribution in [2.75, 3.05) is 45.9 Å². The van der Waals surface area contributed by atoms with E-state index in [9.17, 15) is 0 Å². The Balaban J connectivity index is 0.00000338. The van der Waals surface area contributed by atoms with Crippen molar-refractivity contribution in [2.45, 2.75) is 46.1 Å². The van der Waals surface area contributed by atoms with E-state index >= 15 is 0 Å². The zero-order chi connectivity index (χ0) is 18.1. The van der Waals surface area contributed by atoms with E-state index in [0.717, 1.165) is 64.7 Å². The maximum absolute atomic E-state index is 5.44. The van der Waals surface area contributed by atoms with Crippen LogP contribution in [0.2, 0.25) is 0 Å². The second kappa shape index (κ2) is 11.7. The molecule has 0 bridgehead atoms. The molecule has 0 unspecified atom stereocenters. The van der Waals surface area contributed by atoms with E-state index in [-0.39, 0.29) is 29.5 Å². The van der Waals surface area contributed by atoms with Gasteiger partial charge in [0, 0.05) is 38.1 Å². The standard InChI is InChI=1S/C17H32N6O2.HI/c1-5-18-16(19-8-6-7-15-21-14(2)22-25-15)20-13-17(3,4)23-9-11-24-12-10-23;/h5-13H2,1-4H3,(H2,18,19,20);1H. The minimum absolute atomic E-state index is 0. The lowest BCUT2D eigenvalue weighted by Gasteiger charge is -2.39. The molecule has 2 N–H and O–H groups in total. The number of hydrogen-bond donors (Lipinski definition) is 2. The van der Waals surface area contributed by atoms with Gasteiger partial charge in [-0.25, -0.2) is 0 Å². The molecule has 0 saturated carbocycles. The second-order valence-electron chi connectivity index (χ2n) is 6.87. The van der Waals surface area contributed by atoms with Gasteiger partial charge in [-0.1, -0.05) is 5.16 Å². The van der Waals surface area contributed by atoms with Gasteiger partial charge >= 0.3 is 0 Å². The monoisotopic (exact) mass is 480 g/mol. The molecule has 2 rings (SSSR count). The minimum atomic E-state index is 0. The Morgan fingerprint density at radius 2 is 2.00 bits per heavy atom. The highest BCUT2D eigenvalue weighted by atomic mass is 127. The average molecular weight is 480 g/mol. The molecule has 1 fully saturated rings. The van der Waals surface area contributed by atoms with Gasteiger partial charge in [0.15, 0.2) is 11.8 Å². The smallest absolute Gasteiger partial charge is 0.226 e. The lowest BCUT2D eigenvalue weighted by atomic mass is 10.0. The number of aliphatic imine (C=N–C) groups is 1. The zero-order valence-corrected chi connectivity index (χ0v) is 18.7. The van der Waals surface area contributed by atoms with Crippen molar-refractivity contribution < 1.29 is 9.26 Å². The lowest BCUT2D eigenvalue weighted by Crippen LogP contribution is -2.52. The Morgan fingerprint density at radius 1 is 1.27 bits per heavy atom. The van der Waals surface area contributed by atoms with E-state index in [0.29, 0.717) is 11.7 Å². The Kier molecular flexibility index (Phi) is 10.4. The van der Waals surface area contributed by atoms with Crippen LogP contribution in [0, 0.1) is 6.92 Å². The van der Waals surface area contributed by atoms with E-state index in [4.69, 9.17) is 14.3 Å². The van der Waals surface area contributed by atoms with Crippen LogP contribution in [-0.4, -0.2) is 72.5 Å². The molecule has 0 spiro atoms. The fourth-order valence-corrected chi connectivity index (χ4v) is 2.77. The lowest BCUT2D eigenvalue weighted by molar-refractivity contribution is -0.00683. The highest BCUT2D eigenvalue weighted by Gasteiger charge is 2.28. The van der Waals surface area contributed by atoms with E-state index in [1.54, 1.807) is 0 Å². The van der Waals surface area contributed by atoms with Gasteiger partial charge in [-0.2, -0.15) is 4.98 Å². The number of morpholine rings is 1. The molecule has 9 heteroatoms. The molecule has 0 aliphatic carbocycles. The number of guanidine groups is 1. The van der Waals surface area contributed by atoms with Crippen LogP contribution < -0.4 is 10.6 Å². The summed E-state index contributed by atoms with van der Waals surface area (Å²) in [6.45, 7) is 14.3. The van der Waals surface area contributed by atoms with Crippen LogP contribution in [0.1, 0.15) is 38.9 Å². The predicted octanol–water partition coefficient (Wildman–Crippen LogP) is 1.59. The maximum atomic E-state index is 5.44. The van der Waals surface area contributed by atoms with Crippen LogP contribution in [0.25, 0.3) is 0 Å². The van der Waals surface area contributed by atoms with E-state index < -0.39 is 0 Å². The van der Waals surface area contributed by atoms with Crippen molar-refractivity contribution in [1.82, 2.24) is 25.7 Å². The van der Waals surface area contributed by atoms with Crippen molar-refractivity contribution >= 4 is 29.9 Å². The first-order valence-electron chi connectivity index (χ1n) is 9.15. The first-order chi connectivity index (χ1) is 12.0. The summed E-state index contributed by atoms with van der Waals surface area (Å²) in [5.74, 6) is 2.23. The summed E-state index contributed by atoms with van der Waals surface area (Å²) in [5, 5.41) is 10.5. The fourth-order valence-electron chi connectivity index (χ4n) is 2.77. The molecule has 1 aromatic rings. The number of halogens is 1. The Morgan fingerprint density at radius 3 is 2.62 bits per heavy atom. The summed E-state index contributed by atoms with van der Waals surface area (Å²) in [6.07, 6.45) is 1.69. The minimum Gasteiger partial charge on any atom is -0.379 e. The molecule has 0 aromatic carbocycles. The van der Waals surface area contributed by atoms with Gasteiger partial charge in [0.05, 0.1) is 19.8 Å². The van der Waals surface area contributed by atoms with Crippen LogP contribution in [-0.2, 0) is 11.2 Å². The largest absolute Gasteiger partial charge is 0.379 e. The summed E-state index contributed by atoms with van der Waals surface area (Å²) >= 11 is 0. The van der Waals surface area contributed by atoms with Crippen LogP contribution in [0.15, 0.2) is 9.52 Å². The Bertz CT molecular complexity index is 543. The van der Waals surface area contributed by atoms with Crippen molar-refractivity contribution in [3.05, 3.63) is 11.7 Å². The quantitative estimate of drug-likeness (QED) is 0.253. The van der Waals surface area contributed by atoms with Gasteiger partial charge in [0.2, 0.25) is 5.89 Å². The summed E-state index contributed by atoms with van der Waals surface area (Å²) in [5.41, 5.74) is 0.0212. The van der Waals surface area contributed by atoms with Crippen molar-refractivity contribution in [2.24, 2.45) is 4.99 Å². The topological polar surface area (TPSA) is 87.8 Å². The molecule has 8 nitrogen and oxygen atoms in total. The Hall–Kier alpha value is -0.940. The fraction of sp³-hybridized carbons (Fsp3) is 0.824. The molecule has 0 atom stereocenters. The molecule has 150 valence electrons. The third-order valence-corrected chi connectivity index (χ3v) is 4.26. The molecule has 1 aliphatic rings. The van der Waals surface area contributed by atoms with Crippen molar-refractivity contribution in [3.63, 3.8) is 0 Å². The summed E-state index contributed by atoms with van der Waals surface area (Å²) < 4.78 is 10.6. The number of aromatic nitrogens is 2. The second-order valence-corrected chi connectivity index (χ2v) is 6.87. The van der Waals surface area contributed by atoms with Crippen LogP contribution >= 0.6 is 24.0 Å². The van der Waals surface area contributed by atoms with Gasteiger partial charge in [0.1, 0.15) is 0 Å². The summed E-state index contributed by atoms with van der Waals surface area (Å²) in [6, 6.07) is 0. The number of ether oxygens (including phenoxy) is 1. The first-order valence-corrected chi connectivity index (χ1v) is 9.15. The van der Waals surface area contributed by atoms with Crippen LogP contribution in [0.5, 0.6) is 0 Å². The van der Waals surface area contributed by atoms with Gasteiger partial charge in [-0.3, -0.25) is 9.89 Å². The Labute approximate surface area is 173 Å². The number of nitrogens with zero attached hydrogens (tertiary/aromatic N) is 4. The van der Waals surface area contributed by atoms with E-state index in [2.05, 4.69) is 46.4 Å². The first kappa shape index (κ1) is 23.1. The summed E-state index contributed by atoms with van der Waals surface area (Å²) in [4.78, 5) is 11.4. The van der Waals surface area contributed by atoms with Gasteiger partial charge < -0.3 is 19.9 Å². The van der Waals surface area contributed by atoms with Crippen LogP contribution in [0.4, 0.5) is 0 Å². The number of aryl methyl sites for hydroxylation is 2. The average Bonchev–Trinajstić information content (AvgIpc) is 3.02. The molecule has 1 aliphatic heterocycles. The van der Waals surface area contributed by atoms with Gasteiger partial charge in [-0.15, -0.1) is 24.0 Å². The molecule has 26 heavy (non-hydrogen) atoms. The van der Waals surface area contributed by atoms with Gasteiger partial charge in [-0.05, 0) is 34.1 Å². The maximum Gasteiger partial charge on any atom is 0.226 e. The molecule has 0 amide bonds. The highest BCUT2D eigenvalue weighted by molar-refractivity contribution is 14.0. The summed E-state index contributed by atoms with van der Waals surface area (Å²) in [7, 11) is 0. The molecule has 1 aromatic heterocycles. The normalized spacial score (nSPS) is 16.2. The third kappa shape index (κ3) is 7.75. The van der Waals surface area contributed by atoms with E-state index in [1.807, 2.05) is 6.92 Å². The third-order valence-electron chi connectivity index (χ3n) is 4.26.